The number of rotatable bonds is 3. The number of nitrogens with one attached hydrogen (secondary N) is 1. The molecular formula is C18H29N5O4. The average Bonchev–Trinajstić information content (AvgIpc) is 2.52. The molecule has 27 heavy (non-hydrogen) atoms. The van der Waals surface area contributed by atoms with E-state index in [1.807, 2.05) is 17.9 Å². The molecule has 1 aromatic heterocycles. The van der Waals surface area contributed by atoms with Gasteiger partial charge in [0, 0.05) is 26.3 Å². The Labute approximate surface area is 159 Å². The molecule has 1 fully saturated rings. The number of nitrogen functional groups attached to an aromatic ring is 1. The number of carboxylic acid groups (broad SMARTS) is 1. The Kier molecular flexibility index (Phi) is 6.02. The van der Waals surface area contributed by atoms with Crippen molar-refractivity contribution >= 4 is 23.6 Å². The number of nitrogens with zero attached hydrogens (tertiary/aromatic N) is 3. The zero-order chi connectivity index (χ0) is 20.4. The fourth-order valence-corrected chi connectivity index (χ4v) is 3.53. The van der Waals surface area contributed by atoms with Crippen LogP contribution in [0.2, 0.25) is 0 Å². The van der Waals surface area contributed by atoms with Gasteiger partial charge in [0.15, 0.2) is 0 Å². The number of hydrogen-bond acceptors (Lipinski definition) is 6. The number of alkyl carbamates (subject to hydrolysis) is 1. The van der Waals surface area contributed by atoms with Crippen molar-refractivity contribution in [3.05, 3.63) is 18.5 Å². The number of carbonyl (C=O) groups is 2. The van der Waals surface area contributed by atoms with E-state index in [1.54, 1.807) is 33.2 Å². The van der Waals surface area contributed by atoms with Gasteiger partial charge in [-0.1, -0.05) is 6.92 Å². The Morgan fingerprint density at radius 3 is 2.63 bits per heavy atom. The third-order valence-corrected chi connectivity index (χ3v) is 4.54. The molecule has 0 spiro atoms. The summed E-state index contributed by atoms with van der Waals surface area (Å²) in [6, 6.07) is 0.958. The number of ether oxygens (including phenoxy) is 1. The molecule has 0 aliphatic carbocycles. The van der Waals surface area contributed by atoms with Gasteiger partial charge in [0.05, 0.1) is 29.7 Å². The standard InChI is InChI=1S/C18H29N5O4/c1-11-9-23(14-6-7-20-8-12(14)19)10-13(15(11)22(5)17(25)26)21-16(24)27-18(2,3)4/h6-8,11,13,15H,9-10,19H2,1-5H3,(H,21,24)(H,25,26). The molecule has 3 unspecified atom stereocenters. The highest BCUT2D eigenvalue weighted by Crippen LogP contribution is 2.29. The fourth-order valence-electron chi connectivity index (χ4n) is 3.53. The summed E-state index contributed by atoms with van der Waals surface area (Å²) in [6.45, 7) is 8.29. The van der Waals surface area contributed by atoms with Crippen LogP contribution in [0, 0.1) is 5.92 Å². The smallest absolute Gasteiger partial charge is 0.408 e. The molecule has 2 amide bonds. The molecule has 1 aliphatic heterocycles. The molecule has 1 aromatic rings. The molecule has 2 rings (SSSR count). The Morgan fingerprint density at radius 1 is 1.41 bits per heavy atom. The third-order valence-electron chi connectivity index (χ3n) is 4.54. The number of piperidine rings is 1. The zero-order valence-electron chi connectivity index (χ0n) is 16.5. The second-order valence-corrected chi connectivity index (χ2v) is 7.95. The number of aromatic nitrogens is 1. The predicted octanol–water partition coefficient (Wildman–Crippen LogP) is 1.99. The van der Waals surface area contributed by atoms with Gasteiger partial charge in [-0.2, -0.15) is 0 Å². The average molecular weight is 379 g/mol. The van der Waals surface area contributed by atoms with Gasteiger partial charge >= 0.3 is 12.2 Å². The van der Waals surface area contributed by atoms with Crippen LogP contribution in [-0.4, -0.2) is 65.0 Å². The minimum atomic E-state index is -1.04. The van der Waals surface area contributed by atoms with Crippen LogP contribution in [0.25, 0.3) is 0 Å². The van der Waals surface area contributed by atoms with E-state index in [0.29, 0.717) is 18.8 Å². The lowest BCUT2D eigenvalue weighted by Crippen LogP contribution is -2.64. The lowest BCUT2D eigenvalue weighted by atomic mass is 9.88. The molecule has 1 aliphatic rings. The van der Waals surface area contributed by atoms with Crippen molar-refractivity contribution in [2.24, 2.45) is 5.92 Å². The summed E-state index contributed by atoms with van der Waals surface area (Å²) in [5.41, 5.74) is 6.75. The first-order chi connectivity index (χ1) is 12.5. The van der Waals surface area contributed by atoms with E-state index in [0.717, 1.165) is 5.69 Å². The summed E-state index contributed by atoms with van der Waals surface area (Å²) >= 11 is 0. The second kappa shape index (κ2) is 7.89. The van der Waals surface area contributed by atoms with Crippen LogP contribution in [-0.2, 0) is 4.74 Å². The van der Waals surface area contributed by atoms with Crippen molar-refractivity contribution in [2.45, 2.75) is 45.4 Å². The van der Waals surface area contributed by atoms with E-state index in [-0.39, 0.29) is 5.92 Å². The topological polar surface area (TPSA) is 121 Å². The van der Waals surface area contributed by atoms with Crippen molar-refractivity contribution in [3.8, 4) is 0 Å². The monoisotopic (exact) mass is 379 g/mol. The van der Waals surface area contributed by atoms with E-state index in [9.17, 15) is 14.7 Å². The molecule has 3 atom stereocenters. The summed E-state index contributed by atoms with van der Waals surface area (Å²) in [7, 11) is 1.52. The zero-order valence-corrected chi connectivity index (χ0v) is 16.5. The van der Waals surface area contributed by atoms with Gasteiger partial charge in [-0.25, -0.2) is 9.59 Å². The predicted molar refractivity (Wildman–Crippen MR) is 103 cm³/mol. The van der Waals surface area contributed by atoms with Gasteiger partial charge < -0.3 is 30.7 Å². The molecule has 2 heterocycles. The molecule has 150 valence electrons. The molecular weight excluding hydrogens is 350 g/mol. The van der Waals surface area contributed by atoms with Crippen molar-refractivity contribution < 1.29 is 19.4 Å². The van der Waals surface area contributed by atoms with Gasteiger partial charge in [-0.05, 0) is 32.8 Å². The minimum absolute atomic E-state index is 0.0487. The van der Waals surface area contributed by atoms with Crippen LogP contribution in [0.15, 0.2) is 18.5 Å². The molecule has 0 aromatic carbocycles. The number of amides is 2. The first-order valence-electron chi connectivity index (χ1n) is 8.89. The summed E-state index contributed by atoms with van der Waals surface area (Å²) in [4.78, 5) is 31.2. The van der Waals surface area contributed by atoms with Crippen LogP contribution >= 0.6 is 0 Å². The molecule has 9 heteroatoms. The summed E-state index contributed by atoms with van der Waals surface area (Å²) < 4.78 is 5.36. The van der Waals surface area contributed by atoms with E-state index in [1.165, 1.54) is 11.9 Å². The van der Waals surface area contributed by atoms with Crippen molar-refractivity contribution in [3.63, 3.8) is 0 Å². The molecule has 0 radical (unpaired) electrons. The normalized spacial score (nSPS) is 22.9. The highest BCUT2D eigenvalue weighted by molar-refractivity contribution is 5.70. The lowest BCUT2D eigenvalue weighted by molar-refractivity contribution is 0.0424. The Morgan fingerprint density at radius 2 is 2.07 bits per heavy atom. The summed E-state index contributed by atoms with van der Waals surface area (Å²) in [6.07, 6.45) is 1.61. The number of nitrogens with two attached hydrogens (primary N) is 1. The Bertz CT molecular complexity index is 691. The lowest BCUT2D eigenvalue weighted by Gasteiger charge is -2.46. The van der Waals surface area contributed by atoms with E-state index >= 15 is 0 Å². The number of likely N-dealkylation sites (N-methyl/N-ethyl adjacent to an activating group) is 1. The number of pyridine rings is 1. The third kappa shape index (κ3) is 5.15. The minimum Gasteiger partial charge on any atom is -0.465 e. The number of carbonyl (C=O) groups excluding carboxylic acids is 1. The van der Waals surface area contributed by atoms with Crippen molar-refractivity contribution in [1.29, 1.82) is 0 Å². The van der Waals surface area contributed by atoms with Crippen molar-refractivity contribution in [2.75, 3.05) is 30.8 Å². The molecule has 0 saturated carbocycles. The highest BCUT2D eigenvalue weighted by atomic mass is 16.6. The second-order valence-electron chi connectivity index (χ2n) is 7.95. The first kappa shape index (κ1) is 20.6. The van der Waals surface area contributed by atoms with E-state index in [2.05, 4.69) is 10.3 Å². The maximum absolute atomic E-state index is 12.3. The number of hydrogen-bond donors (Lipinski definition) is 3. The molecule has 4 N–H and O–H groups in total. The number of anilines is 2. The summed E-state index contributed by atoms with van der Waals surface area (Å²) in [5, 5.41) is 12.3. The Balaban J connectivity index is 2.27. The first-order valence-corrected chi connectivity index (χ1v) is 8.89. The maximum Gasteiger partial charge on any atom is 0.408 e. The quantitative estimate of drug-likeness (QED) is 0.734. The van der Waals surface area contributed by atoms with Gasteiger partial charge in [-0.15, -0.1) is 0 Å². The van der Waals surface area contributed by atoms with E-state index in [4.69, 9.17) is 10.5 Å². The SMILES string of the molecule is CC1CN(c2ccncc2N)CC(NC(=O)OC(C)(C)C)C1N(C)C(=O)O. The Hall–Kier alpha value is -2.71. The largest absolute Gasteiger partial charge is 0.465 e. The maximum atomic E-state index is 12.3. The molecule has 9 nitrogen and oxygen atoms in total. The van der Waals surface area contributed by atoms with Crippen LogP contribution in [0.3, 0.4) is 0 Å². The van der Waals surface area contributed by atoms with Gasteiger partial charge in [0.1, 0.15) is 5.60 Å². The van der Waals surface area contributed by atoms with E-state index < -0.39 is 29.9 Å². The van der Waals surface area contributed by atoms with Gasteiger partial charge in [0.25, 0.3) is 0 Å². The molecule has 1 saturated heterocycles. The highest BCUT2D eigenvalue weighted by Gasteiger charge is 2.40. The van der Waals surface area contributed by atoms with Gasteiger partial charge in [-0.3, -0.25) is 4.98 Å². The van der Waals surface area contributed by atoms with Gasteiger partial charge in [0.2, 0.25) is 0 Å². The van der Waals surface area contributed by atoms with Crippen LogP contribution < -0.4 is 16.0 Å². The summed E-state index contributed by atoms with van der Waals surface area (Å²) in [5.74, 6) is -0.0487. The van der Waals surface area contributed by atoms with Crippen LogP contribution in [0.4, 0.5) is 21.0 Å². The van der Waals surface area contributed by atoms with Crippen LogP contribution in [0.1, 0.15) is 27.7 Å². The fraction of sp³-hybridized carbons (Fsp3) is 0.611. The van der Waals surface area contributed by atoms with Crippen molar-refractivity contribution in [1.82, 2.24) is 15.2 Å². The van der Waals surface area contributed by atoms with Crippen LogP contribution in [0.5, 0.6) is 0 Å². The molecule has 0 bridgehead atoms.